The molecule has 2 fully saturated rings. The molecule has 2 heterocycles. The first kappa shape index (κ1) is 12.8. The zero-order valence-electron chi connectivity index (χ0n) is 10.4. The van der Waals surface area contributed by atoms with Crippen LogP contribution in [0.4, 0.5) is 0 Å². The lowest BCUT2D eigenvalue weighted by Crippen LogP contribution is -2.25. The standard InChI is InChI=1S/C12H21NO4/c1-15-11(14)8-10-9-16-12(17-10)4-7-13-5-2-3-6-13/h10,12H,2-9H2,1H3. The molecule has 5 nitrogen and oxygen atoms in total. The largest absolute Gasteiger partial charge is 0.469 e. The van der Waals surface area contributed by atoms with Gasteiger partial charge in [-0.25, -0.2) is 0 Å². The number of carbonyl (C=O) groups excluding carboxylic acids is 1. The van der Waals surface area contributed by atoms with E-state index in [2.05, 4.69) is 9.64 Å². The van der Waals surface area contributed by atoms with Crippen molar-refractivity contribution in [3.63, 3.8) is 0 Å². The summed E-state index contributed by atoms with van der Waals surface area (Å²) in [6.07, 6.45) is 3.50. The van der Waals surface area contributed by atoms with Gasteiger partial charge in [-0.3, -0.25) is 4.79 Å². The van der Waals surface area contributed by atoms with Gasteiger partial charge < -0.3 is 19.1 Å². The van der Waals surface area contributed by atoms with E-state index >= 15 is 0 Å². The number of likely N-dealkylation sites (tertiary alicyclic amines) is 1. The summed E-state index contributed by atoms with van der Waals surface area (Å²) in [5, 5.41) is 0. The molecule has 0 amide bonds. The lowest BCUT2D eigenvalue weighted by molar-refractivity contribution is -0.143. The minimum Gasteiger partial charge on any atom is -0.469 e. The highest BCUT2D eigenvalue weighted by molar-refractivity contribution is 5.69. The molecule has 0 radical (unpaired) electrons. The Hall–Kier alpha value is -0.650. The fraction of sp³-hybridized carbons (Fsp3) is 0.917. The SMILES string of the molecule is COC(=O)CC1COC(CCN2CCCC2)O1. The molecule has 17 heavy (non-hydrogen) atoms. The van der Waals surface area contributed by atoms with Crippen LogP contribution in [0.3, 0.4) is 0 Å². The second-order valence-electron chi connectivity index (χ2n) is 4.64. The molecule has 0 saturated carbocycles. The number of hydrogen-bond donors (Lipinski definition) is 0. The first-order chi connectivity index (χ1) is 8.28. The van der Waals surface area contributed by atoms with Crippen molar-refractivity contribution in [3.05, 3.63) is 0 Å². The Morgan fingerprint density at radius 3 is 2.88 bits per heavy atom. The third-order valence-electron chi connectivity index (χ3n) is 3.31. The average Bonchev–Trinajstić information content (AvgIpc) is 2.97. The van der Waals surface area contributed by atoms with Crippen LogP contribution in [0, 0.1) is 0 Å². The van der Waals surface area contributed by atoms with E-state index < -0.39 is 0 Å². The van der Waals surface area contributed by atoms with Crippen molar-refractivity contribution in [1.29, 1.82) is 0 Å². The third kappa shape index (κ3) is 3.94. The average molecular weight is 243 g/mol. The predicted molar refractivity (Wildman–Crippen MR) is 61.5 cm³/mol. The fourth-order valence-electron chi connectivity index (χ4n) is 2.33. The predicted octanol–water partition coefficient (Wildman–Crippen LogP) is 0.777. The first-order valence-corrected chi connectivity index (χ1v) is 6.34. The van der Waals surface area contributed by atoms with E-state index in [1.807, 2.05) is 0 Å². The Bertz CT molecular complexity index is 253. The Labute approximate surface area is 102 Å². The molecular weight excluding hydrogens is 222 g/mol. The third-order valence-corrected chi connectivity index (χ3v) is 3.31. The van der Waals surface area contributed by atoms with Crippen molar-refractivity contribution in [1.82, 2.24) is 4.90 Å². The number of rotatable bonds is 5. The highest BCUT2D eigenvalue weighted by Gasteiger charge is 2.28. The molecular formula is C12H21NO4. The summed E-state index contributed by atoms with van der Waals surface area (Å²) < 4.78 is 15.8. The molecule has 5 heteroatoms. The molecule has 0 bridgehead atoms. The second-order valence-corrected chi connectivity index (χ2v) is 4.64. The summed E-state index contributed by atoms with van der Waals surface area (Å²) in [7, 11) is 1.39. The normalized spacial score (nSPS) is 29.7. The summed E-state index contributed by atoms with van der Waals surface area (Å²) in [5.74, 6) is -0.237. The van der Waals surface area contributed by atoms with E-state index in [1.54, 1.807) is 0 Å². The van der Waals surface area contributed by atoms with Crippen LogP contribution in [0.15, 0.2) is 0 Å². The van der Waals surface area contributed by atoms with Gasteiger partial charge in [0.15, 0.2) is 6.29 Å². The Morgan fingerprint density at radius 1 is 1.41 bits per heavy atom. The molecule has 2 saturated heterocycles. The van der Waals surface area contributed by atoms with E-state index in [4.69, 9.17) is 9.47 Å². The maximum atomic E-state index is 11.1. The van der Waals surface area contributed by atoms with Crippen LogP contribution >= 0.6 is 0 Å². The van der Waals surface area contributed by atoms with Crippen molar-refractivity contribution >= 4 is 5.97 Å². The van der Waals surface area contributed by atoms with Crippen LogP contribution in [-0.4, -0.2) is 56.6 Å². The molecule has 0 spiro atoms. The number of esters is 1. The van der Waals surface area contributed by atoms with E-state index in [1.165, 1.54) is 33.0 Å². The van der Waals surface area contributed by atoms with Crippen LogP contribution in [-0.2, 0) is 19.0 Å². The summed E-state index contributed by atoms with van der Waals surface area (Å²) in [6, 6.07) is 0. The van der Waals surface area contributed by atoms with Crippen LogP contribution in [0.25, 0.3) is 0 Å². The maximum absolute atomic E-state index is 11.1. The lowest BCUT2D eigenvalue weighted by Gasteiger charge is -2.17. The van der Waals surface area contributed by atoms with Gasteiger partial charge in [-0.15, -0.1) is 0 Å². The number of carbonyl (C=O) groups is 1. The lowest BCUT2D eigenvalue weighted by atomic mass is 10.3. The van der Waals surface area contributed by atoms with Crippen molar-refractivity contribution in [2.24, 2.45) is 0 Å². The number of methoxy groups -OCH3 is 1. The van der Waals surface area contributed by atoms with Gasteiger partial charge >= 0.3 is 5.97 Å². The first-order valence-electron chi connectivity index (χ1n) is 6.34. The summed E-state index contributed by atoms with van der Waals surface area (Å²) in [5.41, 5.74) is 0. The van der Waals surface area contributed by atoms with E-state index in [0.717, 1.165) is 13.0 Å². The topological polar surface area (TPSA) is 48.0 Å². The van der Waals surface area contributed by atoms with Crippen molar-refractivity contribution in [3.8, 4) is 0 Å². The molecule has 2 unspecified atom stereocenters. The van der Waals surface area contributed by atoms with Gasteiger partial charge in [0.25, 0.3) is 0 Å². The second kappa shape index (κ2) is 6.33. The number of hydrogen-bond acceptors (Lipinski definition) is 5. The van der Waals surface area contributed by atoms with Crippen LogP contribution in [0.1, 0.15) is 25.7 Å². The van der Waals surface area contributed by atoms with Crippen LogP contribution < -0.4 is 0 Å². The van der Waals surface area contributed by atoms with E-state index in [9.17, 15) is 4.79 Å². The quantitative estimate of drug-likeness (QED) is 0.668. The van der Waals surface area contributed by atoms with Gasteiger partial charge in [0.2, 0.25) is 0 Å². The fourth-order valence-corrected chi connectivity index (χ4v) is 2.33. The number of ether oxygens (including phenoxy) is 3. The minimum absolute atomic E-state index is 0.133. The zero-order chi connectivity index (χ0) is 12.1. The molecule has 0 N–H and O–H groups in total. The molecule has 0 aromatic heterocycles. The van der Waals surface area contributed by atoms with Gasteiger partial charge in [0.05, 0.1) is 26.2 Å². The van der Waals surface area contributed by atoms with Gasteiger partial charge in [-0.1, -0.05) is 0 Å². The minimum atomic E-state index is -0.237. The molecule has 98 valence electrons. The van der Waals surface area contributed by atoms with Crippen LogP contribution in [0.2, 0.25) is 0 Å². The Kier molecular flexibility index (Phi) is 4.76. The molecule has 2 atom stereocenters. The highest BCUT2D eigenvalue weighted by Crippen LogP contribution is 2.18. The van der Waals surface area contributed by atoms with Crippen molar-refractivity contribution in [2.45, 2.75) is 38.1 Å². The van der Waals surface area contributed by atoms with Crippen molar-refractivity contribution in [2.75, 3.05) is 33.4 Å². The van der Waals surface area contributed by atoms with E-state index in [-0.39, 0.29) is 24.8 Å². The summed E-state index contributed by atoms with van der Waals surface area (Å²) >= 11 is 0. The Balaban J connectivity index is 1.62. The molecule has 0 aromatic carbocycles. The Morgan fingerprint density at radius 2 is 2.18 bits per heavy atom. The summed E-state index contributed by atoms with van der Waals surface area (Å²) in [6.45, 7) is 3.91. The van der Waals surface area contributed by atoms with Gasteiger partial charge in [-0.2, -0.15) is 0 Å². The highest BCUT2D eigenvalue weighted by atomic mass is 16.7. The molecule has 2 rings (SSSR count). The molecule has 2 aliphatic heterocycles. The zero-order valence-corrected chi connectivity index (χ0v) is 10.4. The summed E-state index contributed by atoms with van der Waals surface area (Å²) in [4.78, 5) is 13.5. The van der Waals surface area contributed by atoms with E-state index in [0.29, 0.717) is 6.61 Å². The molecule has 0 aliphatic carbocycles. The van der Waals surface area contributed by atoms with Crippen LogP contribution in [0.5, 0.6) is 0 Å². The van der Waals surface area contributed by atoms with Crippen molar-refractivity contribution < 1.29 is 19.0 Å². The smallest absolute Gasteiger partial charge is 0.308 e. The van der Waals surface area contributed by atoms with Gasteiger partial charge in [0.1, 0.15) is 0 Å². The number of nitrogens with zero attached hydrogens (tertiary/aromatic N) is 1. The maximum Gasteiger partial charge on any atom is 0.308 e. The van der Waals surface area contributed by atoms with Gasteiger partial charge in [-0.05, 0) is 25.9 Å². The molecule has 2 aliphatic rings. The van der Waals surface area contributed by atoms with Gasteiger partial charge in [0, 0.05) is 13.0 Å². The monoisotopic (exact) mass is 243 g/mol. The molecule has 0 aromatic rings.